The normalized spacial score (nSPS) is 14.6. The zero-order valence-electron chi connectivity index (χ0n) is 10.5. The van der Waals surface area contributed by atoms with Crippen LogP contribution in [-0.2, 0) is 9.59 Å². The number of aldehydes is 1. The zero-order chi connectivity index (χ0) is 12.6. The molecular formula is C12H24N2O2. The highest BCUT2D eigenvalue weighted by Crippen LogP contribution is 2.04. The van der Waals surface area contributed by atoms with Gasteiger partial charge in [-0.1, -0.05) is 33.6 Å². The highest BCUT2D eigenvalue weighted by atomic mass is 16.2. The first kappa shape index (κ1) is 15.1. The number of carbonyl (C=O) groups excluding carboxylic acids is 2. The Balaban J connectivity index is 4.03. The Bertz CT molecular complexity index is 217. The van der Waals surface area contributed by atoms with Gasteiger partial charge in [0.05, 0.1) is 12.1 Å². The largest absolute Gasteiger partial charge is 0.345 e. The third kappa shape index (κ3) is 6.56. The van der Waals surface area contributed by atoms with Crippen molar-refractivity contribution in [1.82, 2.24) is 5.32 Å². The maximum Gasteiger partial charge on any atom is 0.237 e. The minimum atomic E-state index is -0.491. The summed E-state index contributed by atoms with van der Waals surface area (Å²) in [4.78, 5) is 22.4. The SMILES string of the molecule is CCCC[C@H](N)C(=O)N[C@H](C=O)CC(C)C. The van der Waals surface area contributed by atoms with Gasteiger partial charge in [-0.15, -0.1) is 0 Å². The number of nitrogens with two attached hydrogens (primary N) is 1. The molecule has 0 aromatic carbocycles. The van der Waals surface area contributed by atoms with Crippen molar-refractivity contribution in [2.75, 3.05) is 0 Å². The third-order valence-corrected chi connectivity index (χ3v) is 2.42. The summed E-state index contributed by atoms with van der Waals surface area (Å²) in [7, 11) is 0. The molecule has 0 rings (SSSR count). The summed E-state index contributed by atoms with van der Waals surface area (Å²) >= 11 is 0. The molecule has 0 saturated carbocycles. The van der Waals surface area contributed by atoms with Gasteiger partial charge in [0.15, 0.2) is 0 Å². The maximum absolute atomic E-state index is 11.6. The molecule has 0 spiro atoms. The van der Waals surface area contributed by atoms with Crippen molar-refractivity contribution in [3.05, 3.63) is 0 Å². The Hall–Kier alpha value is -0.900. The van der Waals surface area contributed by atoms with Crippen LogP contribution in [0.1, 0.15) is 46.5 Å². The number of unbranched alkanes of at least 4 members (excludes halogenated alkanes) is 1. The molecule has 4 heteroatoms. The van der Waals surface area contributed by atoms with E-state index in [-0.39, 0.29) is 5.91 Å². The fraction of sp³-hybridized carbons (Fsp3) is 0.833. The van der Waals surface area contributed by atoms with Crippen LogP contribution in [0.15, 0.2) is 0 Å². The van der Waals surface area contributed by atoms with Gasteiger partial charge in [-0.2, -0.15) is 0 Å². The number of hydrogen-bond donors (Lipinski definition) is 2. The van der Waals surface area contributed by atoms with Gasteiger partial charge in [-0.05, 0) is 18.8 Å². The number of amides is 1. The monoisotopic (exact) mass is 228 g/mol. The second kappa shape index (κ2) is 8.28. The molecule has 16 heavy (non-hydrogen) atoms. The first-order valence-corrected chi connectivity index (χ1v) is 6.02. The van der Waals surface area contributed by atoms with Crippen molar-refractivity contribution in [2.45, 2.75) is 58.5 Å². The molecule has 0 aliphatic heterocycles. The highest BCUT2D eigenvalue weighted by molar-refractivity contribution is 5.84. The molecule has 0 aliphatic rings. The van der Waals surface area contributed by atoms with Crippen LogP contribution in [0.3, 0.4) is 0 Å². The number of nitrogens with one attached hydrogen (secondary N) is 1. The van der Waals surface area contributed by atoms with Crippen LogP contribution >= 0.6 is 0 Å². The van der Waals surface area contributed by atoms with Gasteiger partial charge >= 0.3 is 0 Å². The first-order chi connectivity index (χ1) is 7.51. The number of rotatable bonds is 8. The predicted molar refractivity (Wildman–Crippen MR) is 65.0 cm³/mol. The van der Waals surface area contributed by atoms with Crippen molar-refractivity contribution in [3.63, 3.8) is 0 Å². The second-order valence-corrected chi connectivity index (χ2v) is 4.63. The number of hydrogen-bond acceptors (Lipinski definition) is 3. The average Bonchev–Trinajstić information content (AvgIpc) is 2.23. The molecule has 0 aromatic rings. The topological polar surface area (TPSA) is 72.2 Å². The van der Waals surface area contributed by atoms with Crippen LogP contribution in [-0.4, -0.2) is 24.3 Å². The standard InChI is InChI=1S/C12H24N2O2/c1-4-5-6-11(13)12(16)14-10(8-15)7-9(2)3/h8-11H,4-7,13H2,1-3H3,(H,14,16)/t10-,11-/m0/s1. The lowest BCUT2D eigenvalue weighted by molar-refractivity contribution is -0.125. The van der Waals surface area contributed by atoms with Gasteiger partial charge in [0.2, 0.25) is 5.91 Å². The van der Waals surface area contributed by atoms with E-state index in [1.54, 1.807) is 0 Å². The Kier molecular flexibility index (Phi) is 7.81. The smallest absolute Gasteiger partial charge is 0.237 e. The first-order valence-electron chi connectivity index (χ1n) is 6.02. The van der Waals surface area contributed by atoms with Gasteiger partial charge in [-0.3, -0.25) is 4.79 Å². The molecule has 0 saturated heterocycles. The maximum atomic E-state index is 11.6. The minimum absolute atomic E-state index is 0.216. The quantitative estimate of drug-likeness (QED) is 0.614. The van der Waals surface area contributed by atoms with Crippen molar-refractivity contribution in [1.29, 1.82) is 0 Å². The van der Waals surface area contributed by atoms with Gasteiger partial charge in [0.1, 0.15) is 6.29 Å². The van der Waals surface area contributed by atoms with Crippen LogP contribution in [0, 0.1) is 5.92 Å². The molecule has 2 atom stereocenters. The van der Waals surface area contributed by atoms with E-state index in [1.807, 2.05) is 13.8 Å². The molecule has 94 valence electrons. The lowest BCUT2D eigenvalue weighted by Crippen LogP contribution is -2.46. The molecule has 0 aliphatic carbocycles. The van der Waals surface area contributed by atoms with E-state index < -0.39 is 12.1 Å². The molecule has 0 heterocycles. The van der Waals surface area contributed by atoms with Crippen LogP contribution in [0.5, 0.6) is 0 Å². The molecule has 4 nitrogen and oxygen atoms in total. The minimum Gasteiger partial charge on any atom is -0.345 e. The molecule has 0 bridgehead atoms. The van der Waals surface area contributed by atoms with Crippen molar-refractivity contribution < 1.29 is 9.59 Å². The number of carbonyl (C=O) groups is 2. The highest BCUT2D eigenvalue weighted by Gasteiger charge is 2.17. The van der Waals surface area contributed by atoms with E-state index >= 15 is 0 Å². The van der Waals surface area contributed by atoms with Crippen molar-refractivity contribution in [3.8, 4) is 0 Å². The van der Waals surface area contributed by atoms with Crippen LogP contribution in [0.25, 0.3) is 0 Å². The van der Waals surface area contributed by atoms with E-state index in [0.717, 1.165) is 19.1 Å². The van der Waals surface area contributed by atoms with Gasteiger partial charge in [0, 0.05) is 0 Å². The molecule has 0 fully saturated rings. The third-order valence-electron chi connectivity index (χ3n) is 2.42. The summed E-state index contributed by atoms with van der Waals surface area (Å²) in [5.41, 5.74) is 5.71. The van der Waals surface area contributed by atoms with Gasteiger partial charge in [-0.25, -0.2) is 0 Å². The second-order valence-electron chi connectivity index (χ2n) is 4.63. The molecule has 0 unspecified atom stereocenters. The lowest BCUT2D eigenvalue weighted by Gasteiger charge is -2.17. The van der Waals surface area contributed by atoms with E-state index in [9.17, 15) is 9.59 Å². The Morgan fingerprint density at radius 1 is 1.44 bits per heavy atom. The van der Waals surface area contributed by atoms with E-state index in [2.05, 4.69) is 12.2 Å². The molecule has 1 amide bonds. The van der Waals surface area contributed by atoms with E-state index in [4.69, 9.17) is 5.73 Å². The Morgan fingerprint density at radius 2 is 2.06 bits per heavy atom. The zero-order valence-corrected chi connectivity index (χ0v) is 10.5. The fourth-order valence-electron chi connectivity index (χ4n) is 1.50. The van der Waals surface area contributed by atoms with Crippen molar-refractivity contribution in [2.24, 2.45) is 11.7 Å². The summed E-state index contributed by atoms with van der Waals surface area (Å²) in [5, 5.41) is 2.67. The van der Waals surface area contributed by atoms with Gasteiger partial charge < -0.3 is 15.8 Å². The molecule has 0 aromatic heterocycles. The molecule has 0 radical (unpaired) electrons. The summed E-state index contributed by atoms with van der Waals surface area (Å²) in [5.74, 6) is 0.161. The van der Waals surface area contributed by atoms with E-state index in [0.29, 0.717) is 18.8 Å². The predicted octanol–water partition coefficient (Wildman–Crippen LogP) is 1.23. The Labute approximate surface area is 98.0 Å². The van der Waals surface area contributed by atoms with E-state index in [1.165, 1.54) is 0 Å². The van der Waals surface area contributed by atoms with Crippen LogP contribution in [0.2, 0.25) is 0 Å². The Morgan fingerprint density at radius 3 is 2.50 bits per heavy atom. The summed E-state index contributed by atoms with van der Waals surface area (Å²) in [6.07, 6.45) is 4.07. The average molecular weight is 228 g/mol. The van der Waals surface area contributed by atoms with Gasteiger partial charge in [0.25, 0.3) is 0 Å². The van der Waals surface area contributed by atoms with Crippen LogP contribution in [0.4, 0.5) is 0 Å². The van der Waals surface area contributed by atoms with Crippen LogP contribution < -0.4 is 11.1 Å². The fourth-order valence-corrected chi connectivity index (χ4v) is 1.50. The van der Waals surface area contributed by atoms with Crippen molar-refractivity contribution >= 4 is 12.2 Å². The summed E-state index contributed by atoms with van der Waals surface area (Å²) < 4.78 is 0. The summed E-state index contributed by atoms with van der Waals surface area (Å²) in [6, 6.07) is -0.894. The lowest BCUT2D eigenvalue weighted by atomic mass is 10.0. The molecule has 3 N–H and O–H groups in total. The summed E-state index contributed by atoms with van der Waals surface area (Å²) in [6.45, 7) is 6.08. The molecular weight excluding hydrogens is 204 g/mol.